The first-order chi connectivity index (χ1) is 17.1. The third-order valence-electron chi connectivity index (χ3n) is 7.77. The quantitative estimate of drug-likeness (QED) is 0.532. The number of ether oxygens (including phenoxy) is 2. The molecule has 0 saturated carbocycles. The fourth-order valence-corrected chi connectivity index (χ4v) is 8.78. The Hall–Kier alpha value is -2.80. The van der Waals surface area contributed by atoms with Gasteiger partial charge in [-0.15, -0.1) is 5.10 Å². The second kappa shape index (κ2) is 8.94. The Morgan fingerprint density at radius 3 is 2.72 bits per heavy atom. The number of nitrogens with zero attached hydrogens (tertiary/aromatic N) is 5. The van der Waals surface area contributed by atoms with Crippen molar-refractivity contribution in [2.45, 2.75) is 56.7 Å². The summed E-state index contributed by atoms with van der Waals surface area (Å²) < 4.78 is 13.6. The van der Waals surface area contributed by atoms with Gasteiger partial charge in [0.05, 0.1) is 24.0 Å². The Bertz CT molecular complexity index is 1180. The molecule has 36 heavy (non-hydrogen) atoms. The summed E-state index contributed by atoms with van der Waals surface area (Å²) in [6.07, 6.45) is 1.99. The standard InChI is InChI=1S/C24H33N5O6Si/c1-15-21(36(3,4)33)20(7-9-28-14-16(8-11-30)25-26-28)35-24(15)18-13-17(29-10-12-34-23(29)32)5-6-19(18)27(2)22(24)31/h5-6,13-15,20-21,30,33H,7-12H2,1-4H3/t15-,20+,21-,24+/m0/s1. The highest BCUT2D eigenvalue weighted by Crippen LogP contribution is 2.59. The van der Waals surface area contributed by atoms with Gasteiger partial charge in [-0.3, -0.25) is 14.4 Å². The van der Waals surface area contributed by atoms with Crippen LogP contribution in [0.2, 0.25) is 18.6 Å². The van der Waals surface area contributed by atoms with Crippen molar-refractivity contribution in [3.8, 4) is 0 Å². The van der Waals surface area contributed by atoms with Gasteiger partial charge in [-0.1, -0.05) is 12.1 Å². The van der Waals surface area contributed by atoms with E-state index in [0.717, 1.165) is 11.3 Å². The molecule has 0 unspecified atom stereocenters. The zero-order valence-corrected chi connectivity index (χ0v) is 22.0. The van der Waals surface area contributed by atoms with E-state index in [1.807, 2.05) is 38.2 Å². The predicted molar refractivity (Wildman–Crippen MR) is 133 cm³/mol. The van der Waals surface area contributed by atoms with Crippen LogP contribution in [0, 0.1) is 5.92 Å². The van der Waals surface area contributed by atoms with Crippen LogP contribution >= 0.6 is 0 Å². The molecule has 1 spiro atoms. The van der Waals surface area contributed by atoms with Gasteiger partial charge in [-0.2, -0.15) is 0 Å². The highest BCUT2D eigenvalue weighted by atomic mass is 28.4. The van der Waals surface area contributed by atoms with Crippen molar-refractivity contribution in [1.82, 2.24) is 15.0 Å². The Labute approximate surface area is 210 Å². The number of aryl methyl sites for hydroxylation is 1. The summed E-state index contributed by atoms with van der Waals surface area (Å²) >= 11 is 0. The van der Waals surface area contributed by atoms with Crippen LogP contribution in [0.15, 0.2) is 24.4 Å². The first-order valence-electron chi connectivity index (χ1n) is 12.3. The van der Waals surface area contributed by atoms with Crippen molar-refractivity contribution in [1.29, 1.82) is 0 Å². The lowest BCUT2D eigenvalue weighted by Gasteiger charge is -2.32. The van der Waals surface area contributed by atoms with Crippen LogP contribution < -0.4 is 9.80 Å². The highest BCUT2D eigenvalue weighted by Gasteiger charge is 2.65. The average molecular weight is 516 g/mol. The van der Waals surface area contributed by atoms with E-state index >= 15 is 0 Å². The summed E-state index contributed by atoms with van der Waals surface area (Å²) in [5.41, 5.74) is 1.37. The second-order valence-corrected chi connectivity index (χ2v) is 14.4. The molecule has 5 rings (SSSR count). The van der Waals surface area contributed by atoms with E-state index < -0.39 is 20.0 Å². The minimum atomic E-state index is -2.77. The van der Waals surface area contributed by atoms with Crippen molar-refractivity contribution in [2.75, 3.05) is 36.6 Å². The number of benzene rings is 1. The molecule has 3 aliphatic rings. The number of rotatable bonds is 7. The summed E-state index contributed by atoms with van der Waals surface area (Å²) in [4.78, 5) is 40.6. The van der Waals surface area contributed by atoms with Crippen LogP contribution in [0.5, 0.6) is 0 Å². The number of hydrogen-bond acceptors (Lipinski definition) is 8. The summed E-state index contributed by atoms with van der Waals surface area (Å²) in [5.74, 6) is -0.449. The fourth-order valence-electron chi connectivity index (χ4n) is 6.17. The van der Waals surface area contributed by atoms with Crippen molar-refractivity contribution in [3.63, 3.8) is 0 Å². The van der Waals surface area contributed by atoms with Gasteiger partial charge in [0, 0.05) is 55.5 Å². The lowest BCUT2D eigenvalue weighted by Crippen LogP contribution is -2.45. The Morgan fingerprint density at radius 2 is 2.06 bits per heavy atom. The minimum absolute atomic E-state index is 0.00299. The molecule has 4 heterocycles. The molecular weight excluding hydrogens is 482 g/mol. The lowest BCUT2D eigenvalue weighted by molar-refractivity contribution is -0.145. The van der Waals surface area contributed by atoms with E-state index in [1.54, 1.807) is 27.7 Å². The smallest absolute Gasteiger partial charge is 0.414 e. The fraction of sp³-hybridized carbons (Fsp3) is 0.583. The van der Waals surface area contributed by atoms with Gasteiger partial charge in [0.15, 0.2) is 13.9 Å². The predicted octanol–water partition coefficient (Wildman–Crippen LogP) is 1.63. The summed E-state index contributed by atoms with van der Waals surface area (Å²) in [6, 6.07) is 5.53. The van der Waals surface area contributed by atoms with Gasteiger partial charge < -0.3 is 24.3 Å². The minimum Gasteiger partial charge on any atom is -0.447 e. The lowest BCUT2D eigenvalue weighted by atomic mass is 9.82. The SMILES string of the molecule is C[C@H]1[C@H]([Si](C)(C)O)[C@@H](CCn2cc(CCO)nn2)O[C@]12C(=O)N(C)c1ccc(N3CCOC3=O)cc12. The molecule has 1 aromatic carbocycles. The molecule has 0 radical (unpaired) electrons. The van der Waals surface area contributed by atoms with Crippen molar-refractivity contribution < 1.29 is 29.0 Å². The number of aliphatic hydroxyl groups excluding tert-OH is 1. The molecule has 2 N–H and O–H groups in total. The Morgan fingerprint density at radius 1 is 1.28 bits per heavy atom. The molecule has 0 bridgehead atoms. The van der Waals surface area contributed by atoms with Gasteiger partial charge in [-0.05, 0) is 37.7 Å². The number of fused-ring (bicyclic) bond motifs is 2. The molecule has 2 aromatic rings. The number of amides is 2. The van der Waals surface area contributed by atoms with Crippen LogP contribution in [0.3, 0.4) is 0 Å². The maximum atomic E-state index is 13.8. The number of hydrogen-bond donors (Lipinski definition) is 2. The van der Waals surface area contributed by atoms with Crippen LogP contribution in [0.4, 0.5) is 16.2 Å². The van der Waals surface area contributed by atoms with Gasteiger partial charge in [0.25, 0.3) is 5.91 Å². The monoisotopic (exact) mass is 515 g/mol. The van der Waals surface area contributed by atoms with Gasteiger partial charge in [0.2, 0.25) is 0 Å². The third-order valence-corrected chi connectivity index (χ3v) is 10.3. The normalized spacial score (nSPS) is 27.9. The topological polar surface area (TPSA) is 130 Å². The molecule has 2 amide bonds. The molecule has 4 atom stereocenters. The maximum Gasteiger partial charge on any atom is 0.414 e. The number of aliphatic hydroxyl groups is 1. The van der Waals surface area contributed by atoms with Gasteiger partial charge in [0.1, 0.15) is 6.61 Å². The highest BCUT2D eigenvalue weighted by molar-refractivity contribution is 6.71. The molecule has 3 aliphatic heterocycles. The number of aromatic nitrogens is 3. The van der Waals surface area contributed by atoms with E-state index in [1.165, 1.54) is 0 Å². The molecular formula is C24H33N5O6Si. The molecule has 194 valence electrons. The largest absolute Gasteiger partial charge is 0.447 e. The number of carbonyl (C=O) groups is 2. The zero-order chi connectivity index (χ0) is 25.8. The average Bonchev–Trinajstić information content (AvgIpc) is 3.57. The number of likely N-dealkylation sites (N-methyl/N-ethyl adjacent to an activating group) is 1. The van der Waals surface area contributed by atoms with Crippen LogP contribution in [-0.4, -0.2) is 78.1 Å². The molecule has 1 aromatic heterocycles. The third kappa shape index (κ3) is 3.83. The molecule has 2 saturated heterocycles. The number of anilines is 2. The van der Waals surface area contributed by atoms with E-state index in [4.69, 9.17) is 14.6 Å². The first kappa shape index (κ1) is 24.9. The molecule has 12 heteroatoms. The van der Waals surface area contributed by atoms with Gasteiger partial charge >= 0.3 is 6.09 Å². The van der Waals surface area contributed by atoms with Crippen molar-refractivity contribution in [3.05, 3.63) is 35.7 Å². The first-order valence-corrected chi connectivity index (χ1v) is 15.4. The van der Waals surface area contributed by atoms with Crippen molar-refractivity contribution >= 4 is 31.7 Å². The van der Waals surface area contributed by atoms with Crippen LogP contribution in [-0.2, 0) is 32.8 Å². The van der Waals surface area contributed by atoms with E-state index in [2.05, 4.69) is 10.3 Å². The van der Waals surface area contributed by atoms with Gasteiger partial charge in [-0.25, -0.2) is 4.79 Å². The summed E-state index contributed by atoms with van der Waals surface area (Å²) in [6.45, 7) is 7.04. The summed E-state index contributed by atoms with van der Waals surface area (Å²) in [5, 5.41) is 17.4. The van der Waals surface area contributed by atoms with Crippen molar-refractivity contribution in [2.24, 2.45) is 5.92 Å². The summed E-state index contributed by atoms with van der Waals surface area (Å²) in [7, 11) is -1.04. The van der Waals surface area contributed by atoms with E-state index in [-0.39, 0.29) is 30.1 Å². The Balaban J connectivity index is 1.50. The number of carbonyl (C=O) groups excluding carboxylic acids is 2. The molecule has 2 fully saturated rings. The van der Waals surface area contributed by atoms with E-state index in [0.29, 0.717) is 43.9 Å². The number of cyclic esters (lactones) is 1. The Kier molecular flexibility index (Phi) is 6.18. The zero-order valence-electron chi connectivity index (χ0n) is 21.0. The molecule has 11 nitrogen and oxygen atoms in total. The van der Waals surface area contributed by atoms with Crippen LogP contribution in [0.25, 0.3) is 0 Å². The maximum absolute atomic E-state index is 13.8. The van der Waals surface area contributed by atoms with E-state index in [9.17, 15) is 14.4 Å². The second-order valence-electron chi connectivity index (χ2n) is 10.4. The van der Waals surface area contributed by atoms with Crippen LogP contribution in [0.1, 0.15) is 24.6 Å². The molecule has 0 aliphatic carbocycles.